The maximum absolute atomic E-state index is 4.38. The summed E-state index contributed by atoms with van der Waals surface area (Å²) < 4.78 is 1.92. The number of aryl methyl sites for hydroxylation is 1. The molecule has 5 rings (SSSR count). The largest absolute Gasteiger partial charge is 0.317 e. The monoisotopic (exact) mass is 421 g/mol. The molecule has 3 aliphatic rings. The molecular weight excluding hydrogens is 382 g/mol. The highest BCUT2D eigenvalue weighted by Gasteiger charge is 2.49. The zero-order valence-electron chi connectivity index (χ0n) is 19.6. The second kappa shape index (κ2) is 8.68. The summed E-state index contributed by atoms with van der Waals surface area (Å²) in [7, 11) is 2.01. The molecule has 5 nitrogen and oxygen atoms in total. The lowest BCUT2D eigenvalue weighted by Gasteiger charge is -2.57. The Kier molecular flexibility index (Phi) is 5.93. The summed E-state index contributed by atoms with van der Waals surface area (Å²) in [5.41, 5.74) is 5.03. The fourth-order valence-electron chi connectivity index (χ4n) is 6.40. The number of nitrogens with zero attached hydrogens (tertiary/aromatic N) is 4. The zero-order valence-corrected chi connectivity index (χ0v) is 19.6. The molecule has 1 atom stereocenters. The van der Waals surface area contributed by atoms with Crippen LogP contribution in [-0.4, -0.2) is 58.3 Å². The van der Waals surface area contributed by atoms with Gasteiger partial charge in [-0.1, -0.05) is 38.1 Å². The molecule has 1 aromatic heterocycles. The Morgan fingerprint density at radius 1 is 1.13 bits per heavy atom. The van der Waals surface area contributed by atoms with Gasteiger partial charge in [-0.2, -0.15) is 5.10 Å². The summed E-state index contributed by atoms with van der Waals surface area (Å²) in [6, 6.07) is 10.5. The van der Waals surface area contributed by atoms with E-state index >= 15 is 0 Å². The molecule has 31 heavy (non-hydrogen) atoms. The highest BCUT2D eigenvalue weighted by Crippen LogP contribution is 2.52. The Hall–Kier alpha value is -1.69. The molecule has 0 amide bonds. The number of piperidine rings is 1. The van der Waals surface area contributed by atoms with Gasteiger partial charge in [-0.3, -0.25) is 14.5 Å². The molecule has 3 fully saturated rings. The maximum Gasteiger partial charge on any atom is 0.0534 e. The van der Waals surface area contributed by atoms with Crippen LogP contribution in [-0.2, 0) is 13.6 Å². The summed E-state index contributed by atoms with van der Waals surface area (Å²) in [6.07, 6.45) is 9.73. The molecule has 1 spiro atoms. The molecule has 2 saturated heterocycles. The van der Waals surface area contributed by atoms with Crippen molar-refractivity contribution in [2.45, 2.75) is 64.1 Å². The van der Waals surface area contributed by atoms with Crippen LogP contribution in [0.3, 0.4) is 0 Å². The van der Waals surface area contributed by atoms with Gasteiger partial charge in [0.2, 0.25) is 0 Å². The quantitative estimate of drug-likeness (QED) is 0.794. The molecule has 1 aromatic carbocycles. The first kappa shape index (κ1) is 21.2. The lowest BCUT2D eigenvalue weighted by Crippen LogP contribution is -2.59. The van der Waals surface area contributed by atoms with Gasteiger partial charge in [-0.05, 0) is 61.2 Å². The zero-order chi connectivity index (χ0) is 21.4. The molecular formula is C26H39N5. The van der Waals surface area contributed by atoms with E-state index in [0.717, 1.165) is 25.7 Å². The van der Waals surface area contributed by atoms with Crippen molar-refractivity contribution < 1.29 is 0 Å². The molecule has 5 heteroatoms. The molecule has 2 aromatic rings. The van der Waals surface area contributed by atoms with Gasteiger partial charge in [0.05, 0.1) is 6.20 Å². The van der Waals surface area contributed by atoms with Gasteiger partial charge in [-0.15, -0.1) is 0 Å². The van der Waals surface area contributed by atoms with Crippen LogP contribution in [0.15, 0.2) is 36.7 Å². The van der Waals surface area contributed by atoms with Gasteiger partial charge in [0.1, 0.15) is 0 Å². The van der Waals surface area contributed by atoms with Crippen LogP contribution in [0.1, 0.15) is 68.2 Å². The lowest BCUT2D eigenvalue weighted by molar-refractivity contribution is -0.0650. The van der Waals surface area contributed by atoms with Crippen molar-refractivity contribution in [1.29, 1.82) is 0 Å². The van der Waals surface area contributed by atoms with E-state index in [-0.39, 0.29) is 0 Å². The van der Waals surface area contributed by atoms with Crippen molar-refractivity contribution >= 4 is 0 Å². The van der Waals surface area contributed by atoms with E-state index in [1.54, 1.807) is 5.56 Å². The van der Waals surface area contributed by atoms with E-state index < -0.39 is 0 Å². The van der Waals surface area contributed by atoms with Crippen molar-refractivity contribution in [2.24, 2.45) is 12.5 Å². The summed E-state index contributed by atoms with van der Waals surface area (Å²) in [5, 5.41) is 7.95. The van der Waals surface area contributed by atoms with Crippen LogP contribution < -0.4 is 5.32 Å². The van der Waals surface area contributed by atoms with Crippen LogP contribution in [0, 0.1) is 5.41 Å². The first-order valence-electron chi connectivity index (χ1n) is 12.3. The second-order valence-electron chi connectivity index (χ2n) is 10.6. The number of hydrogen-bond acceptors (Lipinski definition) is 4. The fraction of sp³-hybridized carbons (Fsp3) is 0.654. The number of rotatable bonds is 5. The molecule has 3 heterocycles. The smallest absolute Gasteiger partial charge is 0.0534 e. The molecule has 2 aliphatic heterocycles. The molecule has 1 aliphatic carbocycles. The minimum absolute atomic E-state index is 0.494. The molecule has 1 saturated carbocycles. The van der Waals surface area contributed by atoms with E-state index in [1.807, 2.05) is 17.9 Å². The van der Waals surface area contributed by atoms with Gasteiger partial charge in [0, 0.05) is 57.1 Å². The Morgan fingerprint density at radius 3 is 2.61 bits per heavy atom. The standard InChI is InChI=1S/C26H39N5/c1-20(2)23-6-4-5-7-24(23)25-19-30(18-21-16-28-29(3)17-21)12-13-31(25)22-14-26(15-22)8-10-27-11-9-26/h4-7,16-17,20,22,25,27H,8-15,18-19H2,1-3H3. The van der Waals surface area contributed by atoms with Crippen molar-refractivity contribution in [3.63, 3.8) is 0 Å². The predicted octanol–water partition coefficient (Wildman–Crippen LogP) is 3.93. The van der Waals surface area contributed by atoms with Gasteiger partial charge in [0.25, 0.3) is 0 Å². The molecule has 0 bridgehead atoms. The first-order valence-corrected chi connectivity index (χ1v) is 12.3. The molecule has 0 radical (unpaired) electrons. The van der Waals surface area contributed by atoms with Crippen molar-refractivity contribution in [1.82, 2.24) is 24.9 Å². The number of benzene rings is 1. The van der Waals surface area contributed by atoms with E-state index in [4.69, 9.17) is 0 Å². The van der Waals surface area contributed by atoms with E-state index in [2.05, 4.69) is 64.5 Å². The van der Waals surface area contributed by atoms with E-state index in [1.165, 1.54) is 56.4 Å². The topological polar surface area (TPSA) is 36.3 Å². The van der Waals surface area contributed by atoms with Crippen molar-refractivity contribution in [2.75, 3.05) is 32.7 Å². The van der Waals surface area contributed by atoms with E-state index in [9.17, 15) is 0 Å². The Morgan fingerprint density at radius 2 is 1.90 bits per heavy atom. The molecule has 1 N–H and O–H groups in total. The second-order valence-corrected chi connectivity index (χ2v) is 10.6. The van der Waals surface area contributed by atoms with Crippen molar-refractivity contribution in [3.05, 3.63) is 53.3 Å². The van der Waals surface area contributed by atoms with Crippen LogP contribution >= 0.6 is 0 Å². The number of aromatic nitrogens is 2. The van der Waals surface area contributed by atoms with Gasteiger partial charge < -0.3 is 5.32 Å². The van der Waals surface area contributed by atoms with Crippen LogP contribution in [0.5, 0.6) is 0 Å². The Balaban J connectivity index is 1.37. The summed E-state index contributed by atoms with van der Waals surface area (Å²) in [4.78, 5) is 5.53. The first-order chi connectivity index (χ1) is 15.0. The average molecular weight is 422 g/mol. The lowest BCUT2D eigenvalue weighted by atomic mass is 9.60. The van der Waals surface area contributed by atoms with Crippen LogP contribution in [0.2, 0.25) is 0 Å². The normalized spacial score (nSPS) is 25.2. The van der Waals surface area contributed by atoms with E-state index in [0.29, 0.717) is 17.4 Å². The third kappa shape index (κ3) is 4.33. The van der Waals surface area contributed by atoms with Crippen molar-refractivity contribution in [3.8, 4) is 0 Å². The van der Waals surface area contributed by atoms with Gasteiger partial charge >= 0.3 is 0 Å². The number of hydrogen-bond donors (Lipinski definition) is 1. The Labute approximate surface area is 187 Å². The van der Waals surface area contributed by atoms with Crippen LogP contribution in [0.25, 0.3) is 0 Å². The summed E-state index contributed by atoms with van der Waals surface area (Å²) >= 11 is 0. The van der Waals surface area contributed by atoms with Gasteiger partial charge in [0.15, 0.2) is 0 Å². The number of nitrogens with one attached hydrogen (secondary N) is 1. The third-order valence-corrected chi connectivity index (χ3v) is 8.12. The fourth-order valence-corrected chi connectivity index (χ4v) is 6.40. The predicted molar refractivity (Wildman–Crippen MR) is 126 cm³/mol. The third-order valence-electron chi connectivity index (χ3n) is 8.12. The SMILES string of the molecule is CC(C)c1ccccc1C1CN(Cc2cnn(C)c2)CCN1C1CC2(CCNCC2)C1. The molecule has 1 unspecified atom stereocenters. The van der Waals surface area contributed by atoms with Crippen LogP contribution in [0.4, 0.5) is 0 Å². The Bertz CT molecular complexity index is 873. The highest BCUT2D eigenvalue weighted by atomic mass is 15.3. The maximum atomic E-state index is 4.38. The summed E-state index contributed by atoms with van der Waals surface area (Å²) in [6.45, 7) is 11.6. The number of piperazine rings is 1. The minimum Gasteiger partial charge on any atom is -0.317 e. The van der Waals surface area contributed by atoms with Gasteiger partial charge in [-0.25, -0.2) is 0 Å². The summed E-state index contributed by atoms with van der Waals surface area (Å²) in [5.74, 6) is 0.559. The minimum atomic E-state index is 0.494. The molecule has 168 valence electrons. The average Bonchev–Trinajstić information content (AvgIpc) is 3.17. The highest BCUT2D eigenvalue weighted by molar-refractivity contribution is 5.33.